The minimum atomic E-state index is 0.176. The van der Waals surface area contributed by atoms with Crippen molar-refractivity contribution in [3.8, 4) is 0 Å². The Morgan fingerprint density at radius 1 is 1.09 bits per heavy atom. The molecule has 2 aliphatic rings. The molecule has 120 valence electrons. The number of ketones is 1. The maximum absolute atomic E-state index is 12.9. The zero-order valence-electron chi connectivity index (χ0n) is 13.3. The third-order valence-electron chi connectivity index (χ3n) is 5.18. The van der Waals surface area contributed by atoms with Crippen LogP contribution in [0.15, 0.2) is 40.9 Å². The van der Waals surface area contributed by atoms with Crippen LogP contribution in [0.25, 0.3) is 10.8 Å². The summed E-state index contributed by atoms with van der Waals surface area (Å²) in [7, 11) is 0. The van der Waals surface area contributed by atoms with E-state index in [2.05, 4.69) is 45.1 Å². The zero-order valence-corrected chi connectivity index (χ0v) is 14.9. The minimum absolute atomic E-state index is 0.176. The van der Waals surface area contributed by atoms with Crippen molar-refractivity contribution in [3.05, 3.63) is 46.4 Å². The summed E-state index contributed by atoms with van der Waals surface area (Å²) in [4.78, 5) is 15.4. The number of likely N-dealkylation sites (tertiary alicyclic amines) is 1. The van der Waals surface area contributed by atoms with Gasteiger partial charge in [0.05, 0.1) is 0 Å². The fourth-order valence-corrected chi connectivity index (χ4v) is 4.09. The molecule has 1 aliphatic heterocycles. The molecule has 0 N–H and O–H groups in total. The number of carbonyl (C=O) groups excluding carboxylic acids is 1. The summed E-state index contributed by atoms with van der Waals surface area (Å²) < 4.78 is 1.08. The molecular weight excluding hydrogens is 350 g/mol. The van der Waals surface area contributed by atoms with Crippen LogP contribution in [0.4, 0.5) is 0 Å². The second kappa shape index (κ2) is 6.37. The largest absolute Gasteiger partial charge is 0.302 e. The summed E-state index contributed by atoms with van der Waals surface area (Å²) in [6, 6.07) is 12.3. The molecule has 1 heterocycles. The molecule has 0 amide bonds. The molecule has 0 unspecified atom stereocenters. The van der Waals surface area contributed by atoms with E-state index < -0.39 is 0 Å². The van der Waals surface area contributed by atoms with Gasteiger partial charge in [-0.2, -0.15) is 0 Å². The monoisotopic (exact) mass is 371 g/mol. The van der Waals surface area contributed by atoms with Crippen molar-refractivity contribution in [2.24, 2.45) is 11.8 Å². The third kappa shape index (κ3) is 3.51. The number of nitrogens with zero attached hydrogens (tertiary/aromatic N) is 1. The number of hydrogen-bond acceptors (Lipinski definition) is 2. The first-order chi connectivity index (χ1) is 11.2. The Bertz CT molecular complexity index is 737. The Morgan fingerprint density at radius 3 is 2.70 bits per heavy atom. The van der Waals surface area contributed by atoms with Crippen LogP contribution in [-0.4, -0.2) is 30.3 Å². The number of halogens is 1. The van der Waals surface area contributed by atoms with Gasteiger partial charge in [-0.3, -0.25) is 4.79 Å². The Kier molecular flexibility index (Phi) is 4.25. The van der Waals surface area contributed by atoms with Crippen molar-refractivity contribution >= 4 is 32.5 Å². The van der Waals surface area contributed by atoms with Crippen LogP contribution in [0.5, 0.6) is 0 Å². The van der Waals surface area contributed by atoms with Crippen LogP contribution in [0, 0.1) is 11.8 Å². The molecule has 1 saturated carbocycles. The predicted octanol–water partition coefficient (Wildman–Crippen LogP) is 4.91. The first kappa shape index (κ1) is 15.3. The number of benzene rings is 2. The first-order valence-electron chi connectivity index (χ1n) is 8.65. The molecule has 0 aromatic heterocycles. The fourth-order valence-electron chi connectivity index (χ4n) is 3.71. The minimum Gasteiger partial charge on any atom is -0.302 e. The topological polar surface area (TPSA) is 20.3 Å². The lowest BCUT2D eigenvalue weighted by Crippen LogP contribution is -2.39. The van der Waals surface area contributed by atoms with E-state index in [1.807, 2.05) is 12.1 Å². The van der Waals surface area contributed by atoms with Crippen LogP contribution in [-0.2, 0) is 0 Å². The van der Waals surface area contributed by atoms with Gasteiger partial charge in [-0.1, -0.05) is 34.1 Å². The summed E-state index contributed by atoms with van der Waals surface area (Å²) in [5, 5.41) is 2.32. The van der Waals surface area contributed by atoms with E-state index in [1.165, 1.54) is 31.3 Å². The van der Waals surface area contributed by atoms with Gasteiger partial charge in [0, 0.05) is 29.0 Å². The number of rotatable bonds is 4. The Morgan fingerprint density at radius 2 is 1.87 bits per heavy atom. The molecule has 1 saturated heterocycles. The molecule has 2 nitrogen and oxygen atoms in total. The Labute approximate surface area is 146 Å². The maximum Gasteiger partial charge on any atom is 0.167 e. The van der Waals surface area contributed by atoms with E-state index in [4.69, 9.17) is 0 Å². The van der Waals surface area contributed by atoms with Gasteiger partial charge in [0.2, 0.25) is 0 Å². The van der Waals surface area contributed by atoms with Crippen molar-refractivity contribution in [2.75, 3.05) is 19.6 Å². The highest BCUT2D eigenvalue weighted by Crippen LogP contribution is 2.32. The zero-order chi connectivity index (χ0) is 15.8. The molecule has 0 bridgehead atoms. The van der Waals surface area contributed by atoms with Gasteiger partial charge in [0.15, 0.2) is 5.78 Å². The molecule has 0 spiro atoms. The summed E-state index contributed by atoms with van der Waals surface area (Å²) in [5.41, 5.74) is 0.873. The van der Waals surface area contributed by atoms with Crippen molar-refractivity contribution in [3.63, 3.8) is 0 Å². The molecule has 1 atom stereocenters. The van der Waals surface area contributed by atoms with Gasteiger partial charge >= 0.3 is 0 Å². The summed E-state index contributed by atoms with van der Waals surface area (Å²) >= 11 is 3.50. The van der Waals surface area contributed by atoms with Gasteiger partial charge in [-0.25, -0.2) is 0 Å². The average molecular weight is 372 g/mol. The van der Waals surface area contributed by atoms with Gasteiger partial charge in [-0.15, -0.1) is 0 Å². The molecule has 0 radical (unpaired) electrons. The smallest absolute Gasteiger partial charge is 0.167 e. The molecule has 2 fully saturated rings. The van der Waals surface area contributed by atoms with Gasteiger partial charge in [0.25, 0.3) is 0 Å². The lowest BCUT2D eigenvalue weighted by Gasteiger charge is -2.32. The number of fused-ring (bicyclic) bond motifs is 1. The highest BCUT2D eigenvalue weighted by Gasteiger charge is 2.30. The van der Waals surface area contributed by atoms with Crippen LogP contribution < -0.4 is 0 Å². The predicted molar refractivity (Wildman–Crippen MR) is 97.9 cm³/mol. The van der Waals surface area contributed by atoms with E-state index in [0.29, 0.717) is 5.78 Å². The second-order valence-electron chi connectivity index (χ2n) is 7.11. The first-order valence-corrected chi connectivity index (χ1v) is 9.44. The number of Topliss-reactive ketones (excluding diaryl/α,β-unsaturated/α-hetero) is 1. The third-order valence-corrected chi connectivity index (χ3v) is 5.67. The Balaban J connectivity index is 1.52. The summed E-state index contributed by atoms with van der Waals surface area (Å²) in [6.07, 6.45) is 4.97. The number of hydrogen-bond donors (Lipinski definition) is 0. The molecule has 23 heavy (non-hydrogen) atoms. The van der Waals surface area contributed by atoms with E-state index in [9.17, 15) is 4.79 Å². The quantitative estimate of drug-likeness (QED) is 0.711. The summed E-state index contributed by atoms with van der Waals surface area (Å²) in [6.45, 7) is 3.33. The number of piperidine rings is 1. The SMILES string of the molecule is O=C(c1ccc2cc(Br)ccc2c1)[C@H]1CCCN(CC2CC2)C1. The van der Waals surface area contributed by atoms with Gasteiger partial charge < -0.3 is 4.90 Å². The van der Waals surface area contributed by atoms with Crippen LogP contribution in [0.1, 0.15) is 36.0 Å². The van der Waals surface area contributed by atoms with Crippen LogP contribution >= 0.6 is 15.9 Å². The van der Waals surface area contributed by atoms with Crippen molar-refractivity contribution in [1.82, 2.24) is 4.90 Å². The second-order valence-corrected chi connectivity index (χ2v) is 8.03. The molecule has 1 aliphatic carbocycles. The van der Waals surface area contributed by atoms with E-state index in [0.717, 1.165) is 40.7 Å². The van der Waals surface area contributed by atoms with Crippen molar-refractivity contribution < 1.29 is 4.79 Å². The highest BCUT2D eigenvalue weighted by molar-refractivity contribution is 9.10. The lowest BCUT2D eigenvalue weighted by molar-refractivity contribution is 0.0815. The fraction of sp³-hybridized carbons (Fsp3) is 0.450. The van der Waals surface area contributed by atoms with E-state index in [1.54, 1.807) is 0 Å². The molecular formula is C20H22BrNO. The standard InChI is InChI=1S/C20H22BrNO/c21-19-8-7-15-10-17(6-5-16(15)11-19)20(23)18-2-1-9-22(13-18)12-14-3-4-14/h5-8,10-11,14,18H,1-4,9,12-13H2/t18-/m0/s1. The van der Waals surface area contributed by atoms with Gasteiger partial charge in [-0.05, 0) is 67.1 Å². The van der Waals surface area contributed by atoms with Crippen LogP contribution in [0.2, 0.25) is 0 Å². The van der Waals surface area contributed by atoms with Crippen molar-refractivity contribution in [2.45, 2.75) is 25.7 Å². The van der Waals surface area contributed by atoms with E-state index >= 15 is 0 Å². The molecule has 3 heteroatoms. The van der Waals surface area contributed by atoms with E-state index in [-0.39, 0.29) is 5.92 Å². The van der Waals surface area contributed by atoms with Gasteiger partial charge in [0.1, 0.15) is 0 Å². The lowest BCUT2D eigenvalue weighted by atomic mass is 9.89. The summed E-state index contributed by atoms with van der Waals surface area (Å²) in [5.74, 6) is 1.41. The maximum atomic E-state index is 12.9. The number of carbonyl (C=O) groups is 1. The van der Waals surface area contributed by atoms with Crippen LogP contribution in [0.3, 0.4) is 0 Å². The Hall–Kier alpha value is -1.19. The molecule has 2 aromatic carbocycles. The average Bonchev–Trinajstić information content (AvgIpc) is 3.38. The normalized spacial score (nSPS) is 22.4. The molecule has 2 aromatic rings. The molecule has 4 rings (SSSR count). The van der Waals surface area contributed by atoms with Crippen molar-refractivity contribution in [1.29, 1.82) is 0 Å². The highest BCUT2D eigenvalue weighted by atomic mass is 79.9.